The van der Waals surface area contributed by atoms with E-state index in [1.54, 1.807) is 7.11 Å². The molecule has 2 aliphatic rings. The fourth-order valence-electron chi connectivity index (χ4n) is 3.86. The van der Waals surface area contributed by atoms with Gasteiger partial charge in [0.2, 0.25) is 5.91 Å². The Hall–Kier alpha value is -0.650. The molecule has 2 bridgehead atoms. The van der Waals surface area contributed by atoms with Gasteiger partial charge in [-0.1, -0.05) is 6.92 Å². The Labute approximate surface area is 122 Å². The number of amides is 1. The van der Waals surface area contributed by atoms with Crippen LogP contribution in [0, 0.1) is 0 Å². The summed E-state index contributed by atoms with van der Waals surface area (Å²) in [5.74, 6) is 0.140. The molecular formula is C15H29N3O2. The highest BCUT2D eigenvalue weighted by molar-refractivity contribution is 5.81. The van der Waals surface area contributed by atoms with Crippen LogP contribution in [0.2, 0.25) is 0 Å². The molecular weight excluding hydrogens is 254 g/mol. The molecule has 0 aromatic rings. The van der Waals surface area contributed by atoms with Crippen molar-refractivity contribution in [2.24, 2.45) is 0 Å². The normalized spacial score (nSPS) is 31.2. The maximum absolute atomic E-state index is 12.2. The minimum absolute atomic E-state index is 0.0214. The van der Waals surface area contributed by atoms with E-state index in [1.165, 1.54) is 25.7 Å². The number of nitrogens with one attached hydrogen (secondary N) is 2. The van der Waals surface area contributed by atoms with E-state index in [1.807, 2.05) is 6.92 Å². The van der Waals surface area contributed by atoms with Crippen LogP contribution in [0.4, 0.5) is 0 Å². The van der Waals surface area contributed by atoms with E-state index < -0.39 is 0 Å². The summed E-state index contributed by atoms with van der Waals surface area (Å²) >= 11 is 0. The first-order valence-corrected chi connectivity index (χ1v) is 7.94. The summed E-state index contributed by atoms with van der Waals surface area (Å²) < 4.78 is 4.98. The van der Waals surface area contributed by atoms with Gasteiger partial charge in [-0.25, -0.2) is 0 Å². The summed E-state index contributed by atoms with van der Waals surface area (Å²) in [6.45, 7) is 6.43. The Balaban J connectivity index is 1.88. The lowest BCUT2D eigenvalue weighted by Crippen LogP contribution is -2.56. The summed E-state index contributed by atoms with van der Waals surface area (Å²) in [6.07, 6.45) is 4.84. The molecule has 5 heteroatoms. The third-order valence-electron chi connectivity index (χ3n) is 4.71. The standard InChI is InChI=1S/C15H29N3O2/c1-4-16-12-9-13-5-6-14(10-12)18(13)11(2)15(19)17-7-8-20-3/h11-14,16H,4-10H2,1-3H3,(H,17,19). The van der Waals surface area contributed by atoms with Crippen LogP contribution in [0.5, 0.6) is 0 Å². The van der Waals surface area contributed by atoms with Gasteiger partial charge < -0.3 is 15.4 Å². The van der Waals surface area contributed by atoms with Crippen molar-refractivity contribution in [1.29, 1.82) is 0 Å². The van der Waals surface area contributed by atoms with Crippen molar-refractivity contribution in [3.63, 3.8) is 0 Å². The van der Waals surface area contributed by atoms with Crippen molar-refractivity contribution >= 4 is 5.91 Å². The lowest BCUT2D eigenvalue weighted by molar-refractivity contribution is -0.128. The maximum atomic E-state index is 12.2. The predicted molar refractivity (Wildman–Crippen MR) is 79.7 cm³/mol. The minimum Gasteiger partial charge on any atom is -0.383 e. The van der Waals surface area contributed by atoms with Gasteiger partial charge in [-0.05, 0) is 39.2 Å². The molecule has 2 saturated heterocycles. The highest BCUT2D eigenvalue weighted by Gasteiger charge is 2.44. The molecule has 0 spiro atoms. The average molecular weight is 283 g/mol. The van der Waals surface area contributed by atoms with Crippen LogP contribution in [-0.4, -0.2) is 61.8 Å². The monoisotopic (exact) mass is 283 g/mol. The summed E-state index contributed by atoms with van der Waals surface area (Å²) in [4.78, 5) is 14.7. The van der Waals surface area contributed by atoms with E-state index >= 15 is 0 Å². The van der Waals surface area contributed by atoms with Gasteiger partial charge in [-0.15, -0.1) is 0 Å². The highest BCUT2D eigenvalue weighted by Crippen LogP contribution is 2.37. The Morgan fingerprint density at radius 1 is 1.35 bits per heavy atom. The van der Waals surface area contributed by atoms with Gasteiger partial charge in [0.05, 0.1) is 12.6 Å². The number of carbonyl (C=O) groups is 1. The fraction of sp³-hybridized carbons (Fsp3) is 0.933. The molecule has 2 fully saturated rings. The first-order valence-electron chi connectivity index (χ1n) is 7.94. The zero-order valence-electron chi connectivity index (χ0n) is 13.0. The van der Waals surface area contributed by atoms with E-state index in [9.17, 15) is 4.79 Å². The molecule has 0 aromatic carbocycles. The number of piperidine rings is 1. The third kappa shape index (κ3) is 3.51. The third-order valence-corrected chi connectivity index (χ3v) is 4.71. The van der Waals surface area contributed by atoms with Crippen molar-refractivity contribution < 1.29 is 9.53 Å². The van der Waals surface area contributed by atoms with Crippen molar-refractivity contribution in [1.82, 2.24) is 15.5 Å². The van der Waals surface area contributed by atoms with Crippen LogP contribution < -0.4 is 10.6 Å². The van der Waals surface area contributed by atoms with Crippen molar-refractivity contribution in [3.05, 3.63) is 0 Å². The number of rotatable bonds is 7. The highest BCUT2D eigenvalue weighted by atomic mass is 16.5. The quantitative estimate of drug-likeness (QED) is 0.677. The summed E-state index contributed by atoms with van der Waals surface area (Å²) in [5.41, 5.74) is 0. The van der Waals surface area contributed by atoms with Crippen molar-refractivity contribution in [2.45, 2.75) is 63.7 Å². The second-order valence-electron chi connectivity index (χ2n) is 6.02. The molecule has 2 rings (SSSR count). The Kier molecular flexibility index (Phi) is 5.81. The number of fused-ring (bicyclic) bond motifs is 2. The van der Waals surface area contributed by atoms with E-state index in [0.717, 1.165) is 6.54 Å². The predicted octanol–water partition coefficient (Wildman–Crippen LogP) is 0.742. The van der Waals surface area contributed by atoms with Gasteiger partial charge in [0.1, 0.15) is 0 Å². The Bertz CT molecular complexity index is 310. The van der Waals surface area contributed by atoms with Crippen LogP contribution in [0.15, 0.2) is 0 Å². The van der Waals surface area contributed by atoms with Crippen LogP contribution in [-0.2, 0) is 9.53 Å². The van der Waals surface area contributed by atoms with Gasteiger partial charge in [0.15, 0.2) is 0 Å². The van der Waals surface area contributed by atoms with E-state index in [0.29, 0.717) is 31.3 Å². The summed E-state index contributed by atoms with van der Waals surface area (Å²) in [7, 11) is 1.65. The molecule has 1 amide bonds. The summed E-state index contributed by atoms with van der Waals surface area (Å²) in [6, 6.07) is 1.76. The van der Waals surface area contributed by atoms with Gasteiger partial charge in [0, 0.05) is 31.8 Å². The number of hydrogen-bond acceptors (Lipinski definition) is 4. The first-order chi connectivity index (χ1) is 9.67. The van der Waals surface area contributed by atoms with Crippen LogP contribution >= 0.6 is 0 Å². The van der Waals surface area contributed by atoms with Gasteiger partial charge in [-0.3, -0.25) is 9.69 Å². The number of methoxy groups -OCH3 is 1. The fourth-order valence-corrected chi connectivity index (χ4v) is 3.86. The smallest absolute Gasteiger partial charge is 0.237 e. The number of hydrogen-bond donors (Lipinski definition) is 2. The lowest BCUT2D eigenvalue weighted by atomic mass is 9.95. The second-order valence-corrected chi connectivity index (χ2v) is 6.02. The first kappa shape index (κ1) is 15.7. The molecule has 3 atom stereocenters. The molecule has 5 nitrogen and oxygen atoms in total. The second kappa shape index (κ2) is 7.38. The zero-order chi connectivity index (χ0) is 14.5. The summed E-state index contributed by atoms with van der Waals surface area (Å²) in [5, 5.41) is 6.54. The Morgan fingerprint density at radius 3 is 2.55 bits per heavy atom. The molecule has 116 valence electrons. The SMILES string of the molecule is CCNC1CC2CCC(C1)N2C(C)C(=O)NCCOC. The zero-order valence-corrected chi connectivity index (χ0v) is 13.0. The van der Waals surface area contributed by atoms with Gasteiger partial charge >= 0.3 is 0 Å². The molecule has 2 heterocycles. The van der Waals surface area contributed by atoms with Crippen LogP contribution in [0.1, 0.15) is 39.5 Å². The van der Waals surface area contributed by atoms with Crippen LogP contribution in [0.25, 0.3) is 0 Å². The lowest BCUT2D eigenvalue weighted by Gasteiger charge is -2.42. The Morgan fingerprint density at radius 2 is 2.00 bits per heavy atom. The van der Waals surface area contributed by atoms with Gasteiger partial charge in [-0.2, -0.15) is 0 Å². The molecule has 0 saturated carbocycles. The molecule has 2 N–H and O–H groups in total. The van der Waals surface area contributed by atoms with Crippen LogP contribution in [0.3, 0.4) is 0 Å². The molecule has 0 radical (unpaired) electrons. The number of ether oxygens (including phenoxy) is 1. The van der Waals surface area contributed by atoms with E-state index in [2.05, 4.69) is 22.5 Å². The molecule has 0 aliphatic carbocycles. The minimum atomic E-state index is -0.0214. The van der Waals surface area contributed by atoms with Crippen molar-refractivity contribution in [3.8, 4) is 0 Å². The average Bonchev–Trinajstić information content (AvgIpc) is 2.70. The number of nitrogens with zero attached hydrogens (tertiary/aromatic N) is 1. The molecule has 0 aromatic heterocycles. The van der Waals surface area contributed by atoms with Crippen molar-refractivity contribution in [2.75, 3.05) is 26.8 Å². The molecule has 3 unspecified atom stereocenters. The van der Waals surface area contributed by atoms with E-state index in [4.69, 9.17) is 4.74 Å². The molecule has 20 heavy (non-hydrogen) atoms. The maximum Gasteiger partial charge on any atom is 0.237 e. The van der Waals surface area contributed by atoms with E-state index in [-0.39, 0.29) is 11.9 Å². The molecule has 2 aliphatic heterocycles. The topological polar surface area (TPSA) is 53.6 Å². The largest absolute Gasteiger partial charge is 0.383 e. The van der Waals surface area contributed by atoms with Gasteiger partial charge in [0.25, 0.3) is 0 Å². The number of carbonyl (C=O) groups excluding carboxylic acids is 1.